The van der Waals surface area contributed by atoms with Crippen molar-refractivity contribution in [2.24, 2.45) is 5.41 Å². The summed E-state index contributed by atoms with van der Waals surface area (Å²) in [6.45, 7) is 15.7. The van der Waals surface area contributed by atoms with E-state index in [-0.39, 0.29) is 57.9 Å². The van der Waals surface area contributed by atoms with E-state index >= 15 is 0 Å². The number of aryl methyl sites for hydroxylation is 2. The number of carboxylic acids is 1. The summed E-state index contributed by atoms with van der Waals surface area (Å²) in [6.07, 6.45) is 4.12. The molecule has 0 aliphatic carbocycles. The molecular formula is C34H47ClN4O6S. The number of hydrogen-bond donors (Lipinski definition) is 3. The van der Waals surface area contributed by atoms with Crippen LogP contribution in [0.25, 0.3) is 11.3 Å². The van der Waals surface area contributed by atoms with Crippen molar-refractivity contribution < 1.29 is 27.8 Å². The Bertz CT molecular complexity index is 1600. The molecule has 0 spiro atoms. The lowest BCUT2D eigenvalue weighted by Gasteiger charge is -2.37. The molecule has 1 saturated heterocycles. The van der Waals surface area contributed by atoms with Gasteiger partial charge in [0.2, 0.25) is 11.8 Å². The Balaban J connectivity index is 0.00000576. The third-order valence-electron chi connectivity index (χ3n) is 7.77. The molecule has 3 aromatic rings. The monoisotopic (exact) mass is 674 g/mol. The molecule has 1 aliphatic rings. The van der Waals surface area contributed by atoms with E-state index in [0.717, 1.165) is 48.4 Å². The topological polar surface area (TPSA) is 140 Å². The fourth-order valence-corrected chi connectivity index (χ4v) is 6.74. The highest BCUT2D eigenvalue weighted by Gasteiger charge is 2.29. The second kappa shape index (κ2) is 15.1. The summed E-state index contributed by atoms with van der Waals surface area (Å²) in [5, 5.41) is 13.0. The van der Waals surface area contributed by atoms with Gasteiger partial charge in [0.15, 0.2) is 0 Å². The Morgan fingerprint density at radius 2 is 1.78 bits per heavy atom. The molecule has 12 heteroatoms. The van der Waals surface area contributed by atoms with Crippen molar-refractivity contribution in [1.82, 2.24) is 15.3 Å². The number of anilines is 1. The molecule has 2 heterocycles. The number of nitrogens with zero attached hydrogens (tertiary/aromatic N) is 2. The number of rotatable bonds is 12. The molecule has 1 aromatic heterocycles. The largest absolute Gasteiger partial charge is 0.478 e. The molecule has 2 atom stereocenters. The summed E-state index contributed by atoms with van der Waals surface area (Å²) in [4.78, 5) is 20.2. The minimum atomic E-state index is -4.21. The number of benzene rings is 2. The number of carbonyl (C=O) groups is 1. The van der Waals surface area contributed by atoms with Crippen LogP contribution in [0.1, 0.15) is 81.8 Å². The Labute approximate surface area is 279 Å². The van der Waals surface area contributed by atoms with Crippen LogP contribution >= 0.6 is 12.4 Å². The smallest absolute Gasteiger partial charge is 0.335 e. The van der Waals surface area contributed by atoms with Crippen molar-refractivity contribution in [2.45, 2.75) is 96.8 Å². The number of hydrogen-bond acceptors (Lipinski definition) is 8. The van der Waals surface area contributed by atoms with Crippen LogP contribution in [0.4, 0.5) is 5.95 Å². The van der Waals surface area contributed by atoms with Gasteiger partial charge in [0, 0.05) is 24.2 Å². The first-order valence-electron chi connectivity index (χ1n) is 15.4. The van der Waals surface area contributed by atoms with Crippen molar-refractivity contribution in [3.05, 3.63) is 65.2 Å². The van der Waals surface area contributed by atoms with E-state index in [1.54, 1.807) is 6.07 Å². The highest BCUT2D eigenvalue weighted by Crippen LogP contribution is 2.31. The average molecular weight is 675 g/mol. The SMILES string of the molecule is Cc1cccc(C)c1-c1cc(OC[C@@H](CC(C)(C)C)NCC2CCCC(C)(C)O2)nc(NS(=O)(=O)c2cccc(C(=O)O)c2)n1.Cl. The van der Waals surface area contributed by atoms with E-state index in [2.05, 4.69) is 54.6 Å². The van der Waals surface area contributed by atoms with Gasteiger partial charge >= 0.3 is 5.97 Å². The first-order chi connectivity index (χ1) is 21.0. The third-order valence-corrected chi connectivity index (χ3v) is 9.10. The quantitative estimate of drug-likeness (QED) is 0.189. The van der Waals surface area contributed by atoms with Gasteiger partial charge in [-0.3, -0.25) is 0 Å². The van der Waals surface area contributed by atoms with Crippen LogP contribution in [-0.2, 0) is 14.8 Å². The number of nitrogens with one attached hydrogen (secondary N) is 2. The van der Waals surface area contributed by atoms with Crippen LogP contribution in [0.2, 0.25) is 0 Å². The maximum absolute atomic E-state index is 13.3. The lowest BCUT2D eigenvalue weighted by atomic mass is 9.88. The van der Waals surface area contributed by atoms with Gasteiger partial charge < -0.3 is 19.9 Å². The standard InChI is InChI=1S/C34H46N4O6S.ClH/c1-22-11-8-12-23(2)30(22)28-18-29(37-32(36-28)38-45(41,42)27-15-9-13-24(17-27)31(39)40)43-21-25(19-33(3,4)5)35-20-26-14-10-16-34(6,7)44-26;/h8-9,11-13,15,17-18,25-26,35H,10,14,16,19-21H2,1-7H3,(H,39,40)(H,36,37,38);1H/t25-,26?;/m1./s1. The summed E-state index contributed by atoms with van der Waals surface area (Å²) >= 11 is 0. The summed E-state index contributed by atoms with van der Waals surface area (Å²) < 4.78 is 41.7. The van der Waals surface area contributed by atoms with Crippen LogP contribution in [0.5, 0.6) is 5.88 Å². The molecular weight excluding hydrogens is 628 g/mol. The maximum Gasteiger partial charge on any atom is 0.335 e. The molecule has 1 aliphatic heterocycles. The number of carboxylic acid groups (broad SMARTS) is 1. The number of ether oxygens (including phenoxy) is 2. The zero-order valence-corrected chi connectivity index (χ0v) is 29.3. The minimum absolute atomic E-state index is 0. The molecule has 252 valence electrons. The molecule has 0 radical (unpaired) electrons. The minimum Gasteiger partial charge on any atom is -0.478 e. The Morgan fingerprint density at radius 1 is 1.11 bits per heavy atom. The highest BCUT2D eigenvalue weighted by molar-refractivity contribution is 7.92. The molecule has 46 heavy (non-hydrogen) atoms. The summed E-state index contributed by atoms with van der Waals surface area (Å²) in [5.74, 6) is -1.19. The number of halogens is 1. The Morgan fingerprint density at radius 3 is 2.41 bits per heavy atom. The number of sulfonamides is 1. The highest BCUT2D eigenvalue weighted by atomic mass is 35.5. The lowest BCUT2D eigenvalue weighted by Crippen LogP contribution is -2.46. The van der Waals surface area contributed by atoms with Crippen LogP contribution in [0, 0.1) is 19.3 Å². The molecule has 4 rings (SSSR count). The molecule has 10 nitrogen and oxygen atoms in total. The molecule has 1 fully saturated rings. The van der Waals surface area contributed by atoms with Gasteiger partial charge in [-0.25, -0.2) is 22.9 Å². The number of aromatic nitrogens is 2. The summed E-state index contributed by atoms with van der Waals surface area (Å²) in [5.41, 5.74) is 3.02. The van der Waals surface area contributed by atoms with Gasteiger partial charge in [-0.2, -0.15) is 4.98 Å². The summed E-state index contributed by atoms with van der Waals surface area (Å²) in [7, 11) is -4.21. The van der Waals surface area contributed by atoms with E-state index in [9.17, 15) is 18.3 Å². The fourth-order valence-electron chi connectivity index (χ4n) is 5.75. The second-order valence-electron chi connectivity index (χ2n) is 13.7. The Kier molecular flexibility index (Phi) is 12.2. The van der Waals surface area contributed by atoms with Crippen molar-refractivity contribution >= 4 is 34.3 Å². The first-order valence-corrected chi connectivity index (χ1v) is 16.9. The predicted molar refractivity (Wildman–Crippen MR) is 183 cm³/mol. The molecule has 0 amide bonds. The predicted octanol–water partition coefficient (Wildman–Crippen LogP) is 6.80. The molecule has 0 saturated carbocycles. The average Bonchev–Trinajstić information content (AvgIpc) is 2.93. The fraction of sp³-hybridized carbons (Fsp3) is 0.500. The number of aromatic carboxylic acids is 1. The molecule has 1 unspecified atom stereocenters. The van der Waals surface area contributed by atoms with Gasteiger partial charge in [0.05, 0.1) is 27.9 Å². The lowest BCUT2D eigenvalue weighted by molar-refractivity contribution is -0.105. The van der Waals surface area contributed by atoms with E-state index in [0.29, 0.717) is 18.8 Å². The van der Waals surface area contributed by atoms with Crippen molar-refractivity contribution in [3.63, 3.8) is 0 Å². The van der Waals surface area contributed by atoms with Gasteiger partial charge in [-0.1, -0.05) is 45.0 Å². The van der Waals surface area contributed by atoms with Crippen molar-refractivity contribution in [1.29, 1.82) is 0 Å². The molecule has 3 N–H and O–H groups in total. The molecule has 2 aromatic carbocycles. The van der Waals surface area contributed by atoms with Crippen molar-refractivity contribution in [2.75, 3.05) is 17.9 Å². The van der Waals surface area contributed by atoms with E-state index in [4.69, 9.17) is 9.47 Å². The maximum atomic E-state index is 13.3. The zero-order valence-electron chi connectivity index (χ0n) is 27.7. The first kappa shape index (κ1) is 37.2. The Hall–Kier alpha value is -3.25. The normalized spacial score (nSPS) is 17.1. The van der Waals surface area contributed by atoms with Gasteiger partial charge in [0.25, 0.3) is 10.0 Å². The van der Waals surface area contributed by atoms with Crippen LogP contribution in [0.3, 0.4) is 0 Å². The van der Waals surface area contributed by atoms with E-state index in [1.165, 1.54) is 18.2 Å². The zero-order chi connectivity index (χ0) is 33.0. The van der Waals surface area contributed by atoms with Gasteiger partial charge in [-0.15, -0.1) is 12.4 Å². The van der Waals surface area contributed by atoms with E-state index in [1.807, 2.05) is 32.0 Å². The third kappa shape index (κ3) is 10.4. The van der Waals surface area contributed by atoms with Gasteiger partial charge in [0.1, 0.15) is 6.61 Å². The van der Waals surface area contributed by atoms with Crippen LogP contribution in [0.15, 0.2) is 53.4 Å². The summed E-state index contributed by atoms with van der Waals surface area (Å²) in [6, 6.07) is 12.7. The van der Waals surface area contributed by atoms with Crippen LogP contribution < -0.4 is 14.8 Å². The van der Waals surface area contributed by atoms with Gasteiger partial charge in [-0.05, 0) is 88.1 Å². The van der Waals surface area contributed by atoms with Crippen molar-refractivity contribution in [3.8, 4) is 17.1 Å². The second-order valence-corrected chi connectivity index (χ2v) is 15.4. The van der Waals surface area contributed by atoms with E-state index < -0.39 is 16.0 Å². The van der Waals surface area contributed by atoms with Crippen LogP contribution in [-0.4, -0.2) is 60.4 Å². The molecule has 0 bridgehead atoms.